The van der Waals surface area contributed by atoms with Crippen LogP contribution in [0.4, 0.5) is 0 Å². The molecule has 3 heteroatoms. The lowest BCUT2D eigenvalue weighted by molar-refractivity contribution is 0.137. The minimum Gasteiger partial charge on any atom is -0.304 e. The summed E-state index contributed by atoms with van der Waals surface area (Å²) in [4.78, 5) is 7.49. The largest absolute Gasteiger partial charge is 0.304 e. The molecule has 3 nitrogen and oxygen atoms in total. The second-order valence-corrected chi connectivity index (χ2v) is 4.17. The fourth-order valence-electron chi connectivity index (χ4n) is 1.89. The third kappa shape index (κ3) is 3.95. The summed E-state index contributed by atoms with van der Waals surface area (Å²) in [5, 5.41) is 0. The molecule has 0 aromatic carbocycles. The van der Waals surface area contributed by atoms with Crippen LogP contribution >= 0.6 is 0 Å². The van der Waals surface area contributed by atoms with Crippen LogP contribution in [0.1, 0.15) is 13.8 Å². The van der Waals surface area contributed by atoms with Crippen molar-refractivity contribution in [2.24, 2.45) is 0 Å². The van der Waals surface area contributed by atoms with Gasteiger partial charge in [0.2, 0.25) is 0 Å². The number of hydrogen-bond acceptors (Lipinski definition) is 3. The maximum absolute atomic E-state index is 2.58. The second kappa shape index (κ2) is 6.38. The zero-order valence-corrected chi connectivity index (χ0v) is 10.00. The van der Waals surface area contributed by atoms with Crippen LogP contribution in [0.5, 0.6) is 0 Å². The maximum atomic E-state index is 2.58. The zero-order chi connectivity index (χ0) is 10.4. The van der Waals surface area contributed by atoms with Crippen LogP contribution in [-0.4, -0.2) is 74.1 Å². The van der Waals surface area contributed by atoms with E-state index in [1.165, 1.54) is 52.4 Å². The highest BCUT2D eigenvalue weighted by Crippen LogP contribution is 1.99. The topological polar surface area (TPSA) is 9.72 Å². The van der Waals surface area contributed by atoms with E-state index in [1.807, 2.05) is 0 Å². The van der Waals surface area contributed by atoms with Gasteiger partial charge in [-0.1, -0.05) is 13.8 Å². The number of likely N-dealkylation sites (N-methyl/N-ethyl adjacent to an activating group) is 2. The van der Waals surface area contributed by atoms with Gasteiger partial charge in [0.1, 0.15) is 0 Å². The Kier molecular flexibility index (Phi) is 5.45. The Hall–Kier alpha value is -0.120. The summed E-state index contributed by atoms with van der Waals surface area (Å²) in [5.41, 5.74) is 0. The predicted octanol–water partition coefficient (Wildman–Crippen LogP) is 0.576. The lowest BCUT2D eigenvalue weighted by atomic mass is 10.3. The fraction of sp³-hybridized carbons (Fsp3) is 1.00. The van der Waals surface area contributed by atoms with Crippen molar-refractivity contribution in [3.8, 4) is 0 Å². The molecule has 14 heavy (non-hydrogen) atoms. The summed E-state index contributed by atoms with van der Waals surface area (Å²) >= 11 is 0. The molecule has 0 aliphatic carbocycles. The lowest BCUT2D eigenvalue weighted by Gasteiger charge is -2.33. The van der Waals surface area contributed by atoms with Crippen molar-refractivity contribution in [1.29, 1.82) is 0 Å². The molecule has 0 atom stereocenters. The highest BCUT2D eigenvalue weighted by atomic mass is 15.3. The monoisotopic (exact) mass is 199 g/mol. The molecule has 0 N–H and O–H groups in total. The first-order chi connectivity index (χ1) is 6.76. The molecule has 0 aromatic rings. The van der Waals surface area contributed by atoms with Crippen molar-refractivity contribution in [3.63, 3.8) is 0 Å². The first-order valence-corrected chi connectivity index (χ1v) is 5.89. The number of nitrogens with zero attached hydrogens (tertiary/aromatic N) is 3. The number of piperazine rings is 1. The third-order valence-electron chi connectivity index (χ3n) is 3.22. The van der Waals surface area contributed by atoms with E-state index < -0.39 is 0 Å². The molecule has 1 rings (SSSR count). The van der Waals surface area contributed by atoms with Gasteiger partial charge in [-0.15, -0.1) is 0 Å². The van der Waals surface area contributed by atoms with Crippen molar-refractivity contribution in [2.75, 3.05) is 59.4 Å². The van der Waals surface area contributed by atoms with Crippen molar-refractivity contribution < 1.29 is 0 Å². The summed E-state index contributed by atoms with van der Waals surface area (Å²) in [6.07, 6.45) is 0. The lowest BCUT2D eigenvalue weighted by Crippen LogP contribution is -2.46. The average molecular weight is 199 g/mol. The van der Waals surface area contributed by atoms with Crippen LogP contribution in [0.25, 0.3) is 0 Å². The summed E-state index contributed by atoms with van der Waals surface area (Å²) < 4.78 is 0. The van der Waals surface area contributed by atoms with Gasteiger partial charge in [0.05, 0.1) is 0 Å². The normalized spacial score (nSPS) is 20.6. The van der Waals surface area contributed by atoms with E-state index >= 15 is 0 Å². The molecule has 0 bridgehead atoms. The van der Waals surface area contributed by atoms with Crippen LogP contribution in [0.15, 0.2) is 0 Å². The SMILES string of the molecule is CCN(CC)CCN1CCN(C)CC1. The van der Waals surface area contributed by atoms with Gasteiger partial charge in [0, 0.05) is 39.3 Å². The quantitative estimate of drug-likeness (QED) is 0.641. The van der Waals surface area contributed by atoms with Crippen LogP contribution in [-0.2, 0) is 0 Å². The van der Waals surface area contributed by atoms with E-state index in [9.17, 15) is 0 Å². The van der Waals surface area contributed by atoms with Crippen LogP contribution in [0.3, 0.4) is 0 Å². The molecule has 0 amide bonds. The third-order valence-corrected chi connectivity index (χ3v) is 3.22. The predicted molar refractivity (Wildman–Crippen MR) is 61.7 cm³/mol. The highest BCUT2D eigenvalue weighted by molar-refractivity contribution is 4.70. The second-order valence-electron chi connectivity index (χ2n) is 4.17. The van der Waals surface area contributed by atoms with Gasteiger partial charge in [-0.25, -0.2) is 0 Å². The summed E-state index contributed by atoms with van der Waals surface area (Å²) in [6.45, 7) is 14.3. The van der Waals surface area contributed by atoms with E-state index in [0.717, 1.165) is 0 Å². The molecule has 1 fully saturated rings. The summed E-state index contributed by atoms with van der Waals surface area (Å²) in [5.74, 6) is 0. The molecular formula is C11H25N3. The van der Waals surface area contributed by atoms with Crippen LogP contribution in [0, 0.1) is 0 Å². The molecule has 0 unspecified atom stereocenters. The van der Waals surface area contributed by atoms with Gasteiger partial charge in [0.15, 0.2) is 0 Å². The van der Waals surface area contributed by atoms with Gasteiger partial charge in [-0.3, -0.25) is 4.90 Å². The van der Waals surface area contributed by atoms with Crippen molar-refractivity contribution in [1.82, 2.24) is 14.7 Å². The number of hydrogen-bond donors (Lipinski definition) is 0. The van der Waals surface area contributed by atoms with E-state index in [2.05, 4.69) is 35.6 Å². The molecule has 0 aromatic heterocycles. The Labute approximate surface area is 88.7 Å². The van der Waals surface area contributed by atoms with E-state index in [1.54, 1.807) is 0 Å². The smallest absolute Gasteiger partial charge is 0.0110 e. The van der Waals surface area contributed by atoms with Gasteiger partial charge in [-0.05, 0) is 20.1 Å². The first-order valence-electron chi connectivity index (χ1n) is 5.89. The van der Waals surface area contributed by atoms with Crippen LogP contribution in [0.2, 0.25) is 0 Å². The number of rotatable bonds is 5. The standard InChI is InChI=1S/C11H25N3/c1-4-13(5-2)10-11-14-8-6-12(3)7-9-14/h4-11H2,1-3H3. The van der Waals surface area contributed by atoms with E-state index in [4.69, 9.17) is 0 Å². The van der Waals surface area contributed by atoms with Gasteiger partial charge in [-0.2, -0.15) is 0 Å². The Morgan fingerprint density at radius 1 is 1.00 bits per heavy atom. The Morgan fingerprint density at radius 2 is 1.57 bits per heavy atom. The van der Waals surface area contributed by atoms with Crippen molar-refractivity contribution in [3.05, 3.63) is 0 Å². The molecule has 1 aliphatic heterocycles. The minimum absolute atomic E-state index is 1.18. The van der Waals surface area contributed by atoms with Crippen LogP contribution < -0.4 is 0 Å². The Bertz CT molecular complexity index is 137. The summed E-state index contributed by atoms with van der Waals surface area (Å²) in [6, 6.07) is 0. The van der Waals surface area contributed by atoms with Crippen molar-refractivity contribution >= 4 is 0 Å². The summed E-state index contributed by atoms with van der Waals surface area (Å²) in [7, 11) is 2.21. The molecule has 0 radical (unpaired) electrons. The highest BCUT2D eigenvalue weighted by Gasteiger charge is 2.13. The molecule has 1 heterocycles. The Balaban J connectivity index is 2.12. The molecule has 0 saturated carbocycles. The zero-order valence-electron chi connectivity index (χ0n) is 10.00. The molecular weight excluding hydrogens is 174 g/mol. The molecule has 84 valence electrons. The molecule has 1 saturated heterocycles. The fourth-order valence-corrected chi connectivity index (χ4v) is 1.89. The Morgan fingerprint density at radius 3 is 2.07 bits per heavy atom. The molecule has 1 aliphatic rings. The molecule has 0 spiro atoms. The maximum Gasteiger partial charge on any atom is 0.0110 e. The van der Waals surface area contributed by atoms with Gasteiger partial charge < -0.3 is 9.80 Å². The van der Waals surface area contributed by atoms with Gasteiger partial charge >= 0.3 is 0 Å². The van der Waals surface area contributed by atoms with E-state index in [-0.39, 0.29) is 0 Å². The average Bonchev–Trinajstić information content (AvgIpc) is 2.22. The van der Waals surface area contributed by atoms with Crippen molar-refractivity contribution in [2.45, 2.75) is 13.8 Å². The van der Waals surface area contributed by atoms with Gasteiger partial charge in [0.25, 0.3) is 0 Å². The first kappa shape index (κ1) is 12.0. The van der Waals surface area contributed by atoms with E-state index in [0.29, 0.717) is 0 Å². The minimum atomic E-state index is 1.18.